The van der Waals surface area contributed by atoms with Gasteiger partial charge in [-0.05, 0) is 37.3 Å². The Morgan fingerprint density at radius 3 is 2.95 bits per heavy atom. The maximum atomic E-state index is 12.3. The first-order valence-electron chi connectivity index (χ1n) is 8.37. The predicted molar refractivity (Wildman–Crippen MR) is 85.4 cm³/mol. The summed E-state index contributed by atoms with van der Waals surface area (Å²) in [7, 11) is 0. The Bertz CT molecular complexity index is 630. The summed E-state index contributed by atoms with van der Waals surface area (Å²) in [6, 6.07) is 5.78. The van der Waals surface area contributed by atoms with E-state index in [0.717, 1.165) is 24.3 Å². The molecule has 0 bridgehead atoms. The summed E-state index contributed by atoms with van der Waals surface area (Å²) in [4.78, 5) is 12.3. The maximum absolute atomic E-state index is 12.3. The molecule has 0 radical (unpaired) electrons. The zero-order valence-electron chi connectivity index (χ0n) is 13.2. The number of carbonyl (C=O) groups excluding carboxylic acids is 1. The Labute approximate surface area is 131 Å². The third-order valence-corrected chi connectivity index (χ3v) is 4.51. The van der Waals surface area contributed by atoms with Crippen molar-refractivity contribution in [1.29, 1.82) is 0 Å². The van der Waals surface area contributed by atoms with E-state index in [1.807, 2.05) is 28.8 Å². The fourth-order valence-electron chi connectivity index (χ4n) is 3.38. The summed E-state index contributed by atoms with van der Waals surface area (Å²) < 4.78 is 1.97. The number of pyridine rings is 1. The number of carbonyl (C=O) groups is 1. The van der Waals surface area contributed by atoms with Crippen LogP contribution in [0.4, 0.5) is 0 Å². The Hall–Kier alpha value is -1.91. The van der Waals surface area contributed by atoms with Crippen molar-refractivity contribution in [2.24, 2.45) is 5.92 Å². The molecule has 2 aromatic heterocycles. The molecular weight excluding hydrogens is 276 g/mol. The second kappa shape index (κ2) is 6.90. The molecule has 0 aliphatic heterocycles. The molecule has 5 nitrogen and oxygen atoms in total. The minimum Gasteiger partial charge on any atom is -0.346 e. The monoisotopic (exact) mass is 300 g/mol. The minimum atomic E-state index is -0.0590. The molecule has 1 atom stereocenters. The maximum Gasteiger partial charge on any atom is 0.220 e. The number of nitrogens with zero attached hydrogens (tertiary/aromatic N) is 3. The van der Waals surface area contributed by atoms with Crippen molar-refractivity contribution in [2.75, 3.05) is 0 Å². The van der Waals surface area contributed by atoms with E-state index in [1.54, 1.807) is 0 Å². The first kappa shape index (κ1) is 15.0. The van der Waals surface area contributed by atoms with Gasteiger partial charge >= 0.3 is 0 Å². The lowest BCUT2D eigenvalue weighted by molar-refractivity contribution is -0.122. The minimum absolute atomic E-state index is 0.0590. The van der Waals surface area contributed by atoms with Gasteiger partial charge in [-0.2, -0.15) is 0 Å². The van der Waals surface area contributed by atoms with Crippen molar-refractivity contribution in [3.63, 3.8) is 0 Å². The zero-order valence-corrected chi connectivity index (χ0v) is 13.2. The summed E-state index contributed by atoms with van der Waals surface area (Å²) in [6.45, 7) is 2.12. The van der Waals surface area contributed by atoms with Crippen LogP contribution in [0.3, 0.4) is 0 Å². The topological polar surface area (TPSA) is 59.3 Å². The van der Waals surface area contributed by atoms with Crippen LogP contribution in [0.25, 0.3) is 5.65 Å². The fourth-order valence-corrected chi connectivity index (χ4v) is 3.38. The van der Waals surface area contributed by atoms with Crippen molar-refractivity contribution < 1.29 is 4.79 Å². The Balaban J connectivity index is 1.73. The zero-order chi connectivity index (χ0) is 15.4. The normalized spacial score (nSPS) is 17.0. The predicted octanol–water partition coefficient (Wildman–Crippen LogP) is 3.27. The van der Waals surface area contributed by atoms with Crippen LogP contribution in [-0.4, -0.2) is 20.5 Å². The Kier molecular flexibility index (Phi) is 4.71. The molecule has 1 aliphatic rings. The van der Waals surface area contributed by atoms with Gasteiger partial charge in [0.2, 0.25) is 5.91 Å². The van der Waals surface area contributed by atoms with Crippen LogP contribution in [0.5, 0.6) is 0 Å². The summed E-state index contributed by atoms with van der Waals surface area (Å²) in [5.74, 6) is 1.55. The Morgan fingerprint density at radius 2 is 2.18 bits per heavy atom. The highest BCUT2D eigenvalue weighted by atomic mass is 16.1. The highest BCUT2D eigenvalue weighted by Crippen LogP contribution is 2.28. The van der Waals surface area contributed by atoms with E-state index in [1.165, 1.54) is 25.7 Å². The SMILES string of the molecule is CCCC(NC(=O)CC1CCCC1)c1nnc2ccccn12. The largest absolute Gasteiger partial charge is 0.346 e. The number of nitrogens with one attached hydrogen (secondary N) is 1. The summed E-state index contributed by atoms with van der Waals surface area (Å²) >= 11 is 0. The molecule has 22 heavy (non-hydrogen) atoms. The fraction of sp³-hybridized carbons (Fsp3) is 0.588. The first-order chi connectivity index (χ1) is 10.8. The molecule has 1 unspecified atom stereocenters. The molecule has 118 valence electrons. The number of amides is 1. The standard InChI is InChI=1S/C17H24N4O/c1-2-7-14(18-16(22)12-13-8-3-4-9-13)17-20-19-15-10-5-6-11-21(15)17/h5-6,10-11,13-14H,2-4,7-9,12H2,1H3,(H,18,22). The molecule has 1 N–H and O–H groups in total. The van der Waals surface area contributed by atoms with Crippen LogP contribution >= 0.6 is 0 Å². The molecule has 1 aliphatic carbocycles. The first-order valence-corrected chi connectivity index (χ1v) is 8.37. The van der Waals surface area contributed by atoms with Gasteiger partial charge in [0.05, 0.1) is 6.04 Å². The highest BCUT2D eigenvalue weighted by Gasteiger charge is 2.23. The quantitative estimate of drug-likeness (QED) is 0.890. The number of rotatable bonds is 6. The second-order valence-corrected chi connectivity index (χ2v) is 6.25. The van der Waals surface area contributed by atoms with E-state index < -0.39 is 0 Å². The molecule has 2 aromatic rings. The molecular formula is C17H24N4O. The van der Waals surface area contributed by atoms with Crippen molar-refractivity contribution >= 4 is 11.6 Å². The summed E-state index contributed by atoms with van der Waals surface area (Å²) in [5.41, 5.74) is 0.823. The molecule has 5 heteroatoms. The van der Waals surface area contributed by atoms with Crippen LogP contribution < -0.4 is 5.32 Å². The highest BCUT2D eigenvalue weighted by molar-refractivity contribution is 5.76. The summed E-state index contributed by atoms with van der Waals surface area (Å²) in [5, 5.41) is 11.7. The van der Waals surface area contributed by atoms with Crippen molar-refractivity contribution in [3.8, 4) is 0 Å². The smallest absolute Gasteiger partial charge is 0.220 e. The van der Waals surface area contributed by atoms with E-state index in [-0.39, 0.29) is 11.9 Å². The van der Waals surface area contributed by atoms with Gasteiger partial charge in [0.1, 0.15) is 0 Å². The third kappa shape index (κ3) is 3.29. The van der Waals surface area contributed by atoms with Gasteiger partial charge in [-0.25, -0.2) is 0 Å². The van der Waals surface area contributed by atoms with Crippen molar-refractivity contribution in [2.45, 2.75) is 57.9 Å². The van der Waals surface area contributed by atoms with Gasteiger partial charge in [0.15, 0.2) is 11.5 Å². The number of hydrogen-bond acceptors (Lipinski definition) is 3. The average Bonchev–Trinajstić information content (AvgIpc) is 3.16. The van der Waals surface area contributed by atoms with Crippen LogP contribution in [0, 0.1) is 5.92 Å². The van der Waals surface area contributed by atoms with Crippen LogP contribution in [-0.2, 0) is 4.79 Å². The van der Waals surface area contributed by atoms with Crippen molar-refractivity contribution in [1.82, 2.24) is 19.9 Å². The molecule has 1 fully saturated rings. The van der Waals surface area contributed by atoms with E-state index >= 15 is 0 Å². The second-order valence-electron chi connectivity index (χ2n) is 6.25. The van der Waals surface area contributed by atoms with Gasteiger partial charge in [-0.1, -0.05) is 32.3 Å². The lowest BCUT2D eigenvalue weighted by Gasteiger charge is -2.18. The summed E-state index contributed by atoms with van der Waals surface area (Å²) in [6.07, 6.45) is 9.41. The molecule has 0 spiro atoms. The molecule has 1 saturated carbocycles. The van der Waals surface area contributed by atoms with E-state index in [0.29, 0.717) is 12.3 Å². The van der Waals surface area contributed by atoms with E-state index in [2.05, 4.69) is 22.4 Å². The molecule has 3 rings (SSSR count). The molecule has 0 aromatic carbocycles. The molecule has 0 saturated heterocycles. The Morgan fingerprint density at radius 1 is 1.36 bits per heavy atom. The van der Waals surface area contributed by atoms with Gasteiger partial charge in [-0.3, -0.25) is 9.20 Å². The van der Waals surface area contributed by atoms with Gasteiger partial charge in [0, 0.05) is 12.6 Å². The van der Waals surface area contributed by atoms with Crippen LogP contribution in [0.15, 0.2) is 24.4 Å². The van der Waals surface area contributed by atoms with Crippen LogP contribution in [0.1, 0.15) is 63.7 Å². The van der Waals surface area contributed by atoms with Gasteiger partial charge in [-0.15, -0.1) is 10.2 Å². The van der Waals surface area contributed by atoms with Crippen LogP contribution in [0.2, 0.25) is 0 Å². The van der Waals surface area contributed by atoms with Gasteiger partial charge < -0.3 is 5.32 Å². The van der Waals surface area contributed by atoms with E-state index in [4.69, 9.17) is 0 Å². The third-order valence-electron chi connectivity index (χ3n) is 4.51. The number of aromatic nitrogens is 3. The lowest BCUT2D eigenvalue weighted by Crippen LogP contribution is -2.31. The number of fused-ring (bicyclic) bond motifs is 1. The molecule has 2 heterocycles. The van der Waals surface area contributed by atoms with Gasteiger partial charge in [0.25, 0.3) is 0 Å². The number of hydrogen-bond donors (Lipinski definition) is 1. The average molecular weight is 300 g/mol. The van der Waals surface area contributed by atoms with E-state index in [9.17, 15) is 4.79 Å². The molecule has 1 amide bonds. The van der Waals surface area contributed by atoms with Crippen molar-refractivity contribution in [3.05, 3.63) is 30.2 Å². The lowest BCUT2D eigenvalue weighted by atomic mass is 10.0.